The Morgan fingerprint density at radius 2 is 1.75 bits per heavy atom. The van der Waals surface area contributed by atoms with Crippen LogP contribution in [-0.4, -0.2) is 43.8 Å². The van der Waals surface area contributed by atoms with E-state index in [1.165, 1.54) is 11.1 Å². The van der Waals surface area contributed by atoms with Gasteiger partial charge in [-0.15, -0.1) is 11.8 Å². The second kappa shape index (κ2) is 9.39. The molecule has 1 heterocycles. The number of benzene rings is 2. The fourth-order valence-corrected chi connectivity index (χ4v) is 4.33. The standard InChI is InChI=1S/C23H28N2O2S/c1-16-5-6-20(11-17(16)2)28-23(14-26)21-12-19(4)22(13-18(21)3)24-15-25-7-9-27-10-8-25/h5-6,11-15,23H,7-10H2,1-4H3/t23-/m1/s1. The van der Waals surface area contributed by atoms with Crippen LogP contribution in [0, 0.1) is 27.7 Å². The summed E-state index contributed by atoms with van der Waals surface area (Å²) in [5, 5.41) is -0.224. The number of aryl methyl sites for hydroxylation is 4. The van der Waals surface area contributed by atoms with E-state index in [-0.39, 0.29) is 5.25 Å². The number of rotatable bonds is 6. The molecule has 3 rings (SSSR count). The molecule has 0 amide bonds. The van der Waals surface area contributed by atoms with Gasteiger partial charge in [-0.25, -0.2) is 4.99 Å². The molecule has 0 aromatic heterocycles. The van der Waals surface area contributed by atoms with Gasteiger partial charge in [0.1, 0.15) is 6.29 Å². The van der Waals surface area contributed by atoms with Gasteiger partial charge in [-0.05, 0) is 73.7 Å². The summed E-state index contributed by atoms with van der Waals surface area (Å²) in [4.78, 5) is 19.8. The van der Waals surface area contributed by atoms with E-state index in [1.807, 2.05) is 6.34 Å². The van der Waals surface area contributed by atoms with Gasteiger partial charge in [0, 0.05) is 18.0 Å². The number of nitrogens with zero attached hydrogens (tertiary/aromatic N) is 2. The maximum Gasteiger partial charge on any atom is 0.137 e. The van der Waals surface area contributed by atoms with Crippen LogP contribution in [0.2, 0.25) is 0 Å². The van der Waals surface area contributed by atoms with Crippen LogP contribution in [0.1, 0.15) is 33.1 Å². The average molecular weight is 397 g/mol. The highest BCUT2D eigenvalue weighted by atomic mass is 32.2. The first-order chi connectivity index (χ1) is 13.5. The van der Waals surface area contributed by atoms with Crippen LogP contribution < -0.4 is 0 Å². The first-order valence-corrected chi connectivity index (χ1v) is 10.5. The van der Waals surface area contributed by atoms with Crippen LogP contribution in [-0.2, 0) is 9.53 Å². The smallest absolute Gasteiger partial charge is 0.137 e. The number of carbonyl (C=O) groups excluding carboxylic acids is 1. The zero-order valence-corrected chi connectivity index (χ0v) is 17.9. The molecule has 0 aliphatic carbocycles. The monoisotopic (exact) mass is 396 g/mol. The molecule has 1 saturated heterocycles. The zero-order chi connectivity index (χ0) is 20.1. The number of hydrogen-bond acceptors (Lipinski definition) is 4. The van der Waals surface area contributed by atoms with E-state index in [1.54, 1.807) is 11.8 Å². The molecular formula is C23H28N2O2S. The summed E-state index contributed by atoms with van der Waals surface area (Å²) in [6.07, 6.45) is 2.95. The van der Waals surface area contributed by atoms with Crippen molar-refractivity contribution in [2.45, 2.75) is 37.8 Å². The minimum absolute atomic E-state index is 0.224. The third kappa shape index (κ3) is 5.03. The summed E-state index contributed by atoms with van der Waals surface area (Å²) < 4.78 is 5.37. The molecule has 1 aliphatic heterocycles. The van der Waals surface area contributed by atoms with Gasteiger partial charge in [0.25, 0.3) is 0 Å². The number of hydrogen-bond donors (Lipinski definition) is 0. The molecule has 28 heavy (non-hydrogen) atoms. The lowest BCUT2D eigenvalue weighted by atomic mass is 10.0. The summed E-state index contributed by atoms with van der Waals surface area (Å²) in [5.41, 5.74) is 6.69. The van der Waals surface area contributed by atoms with E-state index in [4.69, 9.17) is 4.74 Å². The summed E-state index contributed by atoms with van der Waals surface area (Å²) in [6, 6.07) is 10.5. The molecule has 148 valence electrons. The van der Waals surface area contributed by atoms with Gasteiger partial charge in [-0.1, -0.05) is 12.1 Å². The molecule has 0 spiro atoms. The van der Waals surface area contributed by atoms with E-state index in [9.17, 15) is 4.79 Å². The number of carbonyl (C=O) groups is 1. The van der Waals surface area contributed by atoms with Gasteiger partial charge >= 0.3 is 0 Å². The summed E-state index contributed by atoms with van der Waals surface area (Å²) >= 11 is 1.60. The number of aliphatic imine (C=N–C) groups is 1. The van der Waals surface area contributed by atoms with Crippen LogP contribution in [0.4, 0.5) is 5.69 Å². The number of aldehydes is 1. The SMILES string of the molecule is Cc1ccc(S[C@H](C=O)c2cc(C)c(N=CN3CCOCC3)cc2C)cc1C. The largest absolute Gasteiger partial charge is 0.378 e. The zero-order valence-electron chi connectivity index (χ0n) is 17.1. The Balaban J connectivity index is 1.80. The highest BCUT2D eigenvalue weighted by Crippen LogP contribution is 2.38. The molecule has 2 aromatic carbocycles. The highest BCUT2D eigenvalue weighted by Gasteiger charge is 2.17. The predicted octanol–water partition coefficient (Wildman–Crippen LogP) is 4.94. The van der Waals surface area contributed by atoms with Crippen molar-refractivity contribution in [3.63, 3.8) is 0 Å². The quantitative estimate of drug-likeness (QED) is 0.300. The Kier molecular flexibility index (Phi) is 6.92. The second-order valence-electron chi connectivity index (χ2n) is 7.31. The Labute approximate surface area is 172 Å². The fourth-order valence-electron chi connectivity index (χ4n) is 3.20. The molecule has 0 N–H and O–H groups in total. The summed E-state index contributed by atoms with van der Waals surface area (Å²) in [5.74, 6) is 0. The predicted molar refractivity (Wildman–Crippen MR) is 117 cm³/mol. The van der Waals surface area contributed by atoms with Crippen molar-refractivity contribution in [2.75, 3.05) is 26.3 Å². The van der Waals surface area contributed by atoms with Crippen LogP contribution in [0.5, 0.6) is 0 Å². The van der Waals surface area contributed by atoms with Gasteiger partial charge in [-0.2, -0.15) is 0 Å². The lowest BCUT2D eigenvalue weighted by molar-refractivity contribution is -0.107. The Bertz CT molecular complexity index is 873. The van der Waals surface area contributed by atoms with Gasteiger partial charge in [0.15, 0.2) is 0 Å². The Morgan fingerprint density at radius 3 is 2.43 bits per heavy atom. The number of ether oxygens (including phenoxy) is 1. The van der Waals surface area contributed by atoms with Crippen molar-refractivity contribution in [3.8, 4) is 0 Å². The molecule has 4 nitrogen and oxygen atoms in total. The number of thioether (sulfide) groups is 1. The maximum absolute atomic E-state index is 11.9. The van der Waals surface area contributed by atoms with Gasteiger partial charge in [0.05, 0.1) is 30.5 Å². The molecule has 0 radical (unpaired) electrons. The molecule has 1 atom stereocenters. The molecule has 1 aliphatic rings. The van der Waals surface area contributed by atoms with E-state index in [0.29, 0.717) is 0 Å². The van der Waals surface area contributed by atoms with E-state index < -0.39 is 0 Å². The van der Waals surface area contributed by atoms with Crippen LogP contribution in [0.15, 0.2) is 40.2 Å². The van der Waals surface area contributed by atoms with Crippen molar-refractivity contribution in [1.29, 1.82) is 0 Å². The van der Waals surface area contributed by atoms with Crippen molar-refractivity contribution in [1.82, 2.24) is 4.90 Å². The summed E-state index contributed by atoms with van der Waals surface area (Å²) in [6.45, 7) is 11.6. The van der Waals surface area contributed by atoms with Gasteiger partial charge in [-0.3, -0.25) is 0 Å². The Hall–Kier alpha value is -2.11. The first-order valence-electron chi connectivity index (χ1n) is 9.64. The second-order valence-corrected chi connectivity index (χ2v) is 8.52. The van der Waals surface area contributed by atoms with Crippen molar-refractivity contribution in [2.24, 2.45) is 4.99 Å². The van der Waals surface area contributed by atoms with E-state index >= 15 is 0 Å². The fraction of sp³-hybridized carbons (Fsp3) is 0.391. The Morgan fingerprint density at radius 1 is 1.00 bits per heavy atom. The first kappa shape index (κ1) is 20.6. The topological polar surface area (TPSA) is 41.9 Å². The normalized spacial score (nSPS) is 15.8. The van der Waals surface area contributed by atoms with Crippen LogP contribution in [0.25, 0.3) is 0 Å². The minimum atomic E-state index is -0.224. The lowest BCUT2D eigenvalue weighted by Gasteiger charge is -2.24. The highest BCUT2D eigenvalue weighted by molar-refractivity contribution is 8.00. The van der Waals surface area contributed by atoms with Gasteiger partial charge in [0.2, 0.25) is 0 Å². The van der Waals surface area contributed by atoms with Crippen molar-refractivity contribution in [3.05, 3.63) is 58.1 Å². The van der Waals surface area contributed by atoms with Gasteiger partial charge < -0.3 is 14.4 Å². The minimum Gasteiger partial charge on any atom is -0.378 e. The molecular weight excluding hydrogens is 368 g/mol. The molecule has 1 fully saturated rings. The van der Waals surface area contributed by atoms with Crippen LogP contribution in [0.3, 0.4) is 0 Å². The average Bonchev–Trinajstić information content (AvgIpc) is 2.70. The van der Waals surface area contributed by atoms with Crippen molar-refractivity contribution >= 4 is 30.1 Å². The molecule has 0 unspecified atom stereocenters. The third-order valence-corrected chi connectivity index (χ3v) is 6.31. The maximum atomic E-state index is 11.9. The van der Waals surface area contributed by atoms with E-state index in [0.717, 1.165) is 59.9 Å². The number of morpholine rings is 1. The molecule has 0 saturated carbocycles. The molecule has 2 aromatic rings. The van der Waals surface area contributed by atoms with Crippen molar-refractivity contribution < 1.29 is 9.53 Å². The molecule has 0 bridgehead atoms. The lowest BCUT2D eigenvalue weighted by Crippen LogP contribution is -2.35. The summed E-state index contributed by atoms with van der Waals surface area (Å²) in [7, 11) is 0. The third-order valence-electron chi connectivity index (χ3n) is 5.16. The van der Waals surface area contributed by atoms with E-state index in [2.05, 4.69) is 67.9 Å². The van der Waals surface area contributed by atoms with Crippen LogP contribution >= 0.6 is 11.8 Å². The molecule has 5 heteroatoms.